The van der Waals surface area contributed by atoms with Crippen LogP contribution in [-0.2, 0) is 19.1 Å². The van der Waals surface area contributed by atoms with Crippen molar-refractivity contribution in [1.82, 2.24) is 0 Å². The molecular weight excluding hydrogens is 620 g/mol. The molecule has 0 aromatic rings. The summed E-state index contributed by atoms with van der Waals surface area (Å²) in [7, 11) is 0. The van der Waals surface area contributed by atoms with E-state index >= 15 is 0 Å². The molecule has 50 heavy (non-hydrogen) atoms. The van der Waals surface area contributed by atoms with Crippen LogP contribution in [0, 0.1) is 0 Å². The minimum atomic E-state index is -0.786. The van der Waals surface area contributed by atoms with Crippen LogP contribution >= 0.6 is 0 Å². The van der Waals surface area contributed by atoms with Gasteiger partial charge < -0.3 is 14.6 Å². The Balaban J connectivity index is 3.60. The first kappa shape index (κ1) is 47.6. The van der Waals surface area contributed by atoms with E-state index in [0.29, 0.717) is 12.8 Å². The van der Waals surface area contributed by atoms with E-state index in [1.54, 1.807) is 0 Å². The van der Waals surface area contributed by atoms with Gasteiger partial charge in [-0.25, -0.2) is 0 Å². The topological polar surface area (TPSA) is 72.8 Å². The molecule has 1 atom stereocenters. The Morgan fingerprint density at radius 1 is 0.460 bits per heavy atom. The molecule has 0 aromatic heterocycles. The molecule has 1 N–H and O–H groups in total. The summed E-state index contributed by atoms with van der Waals surface area (Å²) in [5.74, 6) is -0.622. The van der Waals surface area contributed by atoms with Gasteiger partial charge >= 0.3 is 11.9 Å². The molecule has 0 aromatic carbocycles. The third-order valence-corrected chi connectivity index (χ3v) is 8.78. The summed E-state index contributed by atoms with van der Waals surface area (Å²) >= 11 is 0. The zero-order chi connectivity index (χ0) is 36.4. The molecule has 0 aliphatic rings. The quantitative estimate of drug-likeness (QED) is 0.0397. The number of aliphatic hydroxyl groups excluding tert-OH is 1. The second-order valence-electron chi connectivity index (χ2n) is 13.7. The number of allylic oxidation sites excluding steroid dienone is 10. The number of esters is 2. The third kappa shape index (κ3) is 38.4. The van der Waals surface area contributed by atoms with Gasteiger partial charge in [0, 0.05) is 12.8 Å². The minimum Gasteiger partial charge on any atom is -0.462 e. The maximum Gasteiger partial charge on any atom is 0.306 e. The van der Waals surface area contributed by atoms with E-state index in [1.165, 1.54) is 96.3 Å². The first-order valence-corrected chi connectivity index (χ1v) is 20.8. The van der Waals surface area contributed by atoms with Crippen molar-refractivity contribution in [3.63, 3.8) is 0 Å². The largest absolute Gasteiger partial charge is 0.462 e. The molecule has 288 valence electrons. The number of carbonyl (C=O) groups excluding carboxylic acids is 2. The van der Waals surface area contributed by atoms with Crippen LogP contribution < -0.4 is 0 Å². The van der Waals surface area contributed by atoms with Gasteiger partial charge in [0.15, 0.2) is 6.10 Å². The van der Waals surface area contributed by atoms with E-state index in [0.717, 1.165) is 70.6 Å². The molecule has 0 bridgehead atoms. The highest BCUT2D eigenvalue weighted by atomic mass is 16.6. The minimum absolute atomic E-state index is 0.0791. The average Bonchev–Trinajstić information content (AvgIpc) is 3.12. The predicted octanol–water partition coefficient (Wildman–Crippen LogP) is 13.2. The van der Waals surface area contributed by atoms with E-state index in [1.807, 2.05) is 0 Å². The van der Waals surface area contributed by atoms with E-state index in [2.05, 4.69) is 74.6 Å². The van der Waals surface area contributed by atoms with Gasteiger partial charge in [0.25, 0.3) is 0 Å². The fourth-order valence-corrected chi connectivity index (χ4v) is 5.59. The summed E-state index contributed by atoms with van der Waals surface area (Å²) in [5, 5.41) is 9.57. The van der Waals surface area contributed by atoms with Crippen LogP contribution in [0.4, 0.5) is 0 Å². The molecule has 0 aliphatic carbocycles. The highest BCUT2D eigenvalue weighted by Crippen LogP contribution is 2.13. The molecule has 0 heterocycles. The molecule has 0 unspecified atom stereocenters. The van der Waals surface area contributed by atoms with Crippen molar-refractivity contribution < 1.29 is 24.2 Å². The van der Waals surface area contributed by atoms with Crippen LogP contribution in [0.2, 0.25) is 0 Å². The fourth-order valence-electron chi connectivity index (χ4n) is 5.59. The van der Waals surface area contributed by atoms with Crippen LogP contribution in [0.3, 0.4) is 0 Å². The van der Waals surface area contributed by atoms with Crippen molar-refractivity contribution in [3.8, 4) is 0 Å². The van der Waals surface area contributed by atoms with Crippen molar-refractivity contribution in [1.29, 1.82) is 0 Å². The molecule has 0 aliphatic heterocycles. The molecule has 5 heteroatoms. The molecule has 0 amide bonds. The SMILES string of the molecule is CCCCC/C=C\C/C=C\C/C=C\CCCCCCC(=O)O[C@@H](CO)COC(=O)CCCCCCCCCCC/C=C\C/C=C\CCCCC. The van der Waals surface area contributed by atoms with Crippen molar-refractivity contribution in [2.75, 3.05) is 13.2 Å². The summed E-state index contributed by atoms with van der Waals surface area (Å²) in [6, 6.07) is 0. The summed E-state index contributed by atoms with van der Waals surface area (Å²) in [4.78, 5) is 24.3. The Kier molecular flexibility index (Phi) is 39.1. The third-order valence-electron chi connectivity index (χ3n) is 8.78. The zero-order valence-electron chi connectivity index (χ0n) is 32.6. The smallest absolute Gasteiger partial charge is 0.306 e. The predicted molar refractivity (Wildman–Crippen MR) is 214 cm³/mol. The summed E-state index contributed by atoms with van der Waals surface area (Å²) < 4.78 is 10.6. The van der Waals surface area contributed by atoms with Crippen LogP contribution in [0.1, 0.15) is 194 Å². The molecular formula is C45H78O5. The lowest BCUT2D eigenvalue weighted by Gasteiger charge is -2.15. The lowest BCUT2D eigenvalue weighted by Crippen LogP contribution is -2.28. The maximum absolute atomic E-state index is 12.2. The average molecular weight is 699 g/mol. The lowest BCUT2D eigenvalue weighted by molar-refractivity contribution is -0.161. The van der Waals surface area contributed by atoms with Gasteiger partial charge in [0.05, 0.1) is 6.61 Å². The highest BCUT2D eigenvalue weighted by Gasteiger charge is 2.16. The number of unbranched alkanes of at least 4 members (excludes halogenated alkanes) is 19. The molecule has 0 radical (unpaired) electrons. The molecule has 5 nitrogen and oxygen atoms in total. The first-order valence-electron chi connectivity index (χ1n) is 20.8. The van der Waals surface area contributed by atoms with Gasteiger partial charge in [-0.05, 0) is 83.5 Å². The molecule has 0 saturated heterocycles. The second-order valence-corrected chi connectivity index (χ2v) is 13.7. The molecule has 0 fully saturated rings. The van der Waals surface area contributed by atoms with Gasteiger partial charge in [-0.3, -0.25) is 9.59 Å². The standard InChI is InChI=1S/C45H78O5/c1-3-5-7-9-11-13-15-17-19-21-22-24-25-27-29-31-33-35-37-39-44(47)49-42-43(41-46)50-45(48)40-38-36-34-32-30-28-26-23-20-18-16-14-12-10-8-6-4-2/h11-14,17-20,26,28,43,46H,3-10,15-16,21-25,27,29-42H2,1-2H3/b13-11-,14-12-,19-17-,20-18-,28-26-/t43-/m0/s1. The number of hydrogen-bond acceptors (Lipinski definition) is 5. The summed E-state index contributed by atoms with van der Waals surface area (Å²) in [6.07, 6.45) is 52.8. The lowest BCUT2D eigenvalue weighted by atomic mass is 10.1. The van der Waals surface area contributed by atoms with Crippen LogP contribution in [0.5, 0.6) is 0 Å². The van der Waals surface area contributed by atoms with Crippen LogP contribution in [-0.4, -0.2) is 36.4 Å². The van der Waals surface area contributed by atoms with Crippen molar-refractivity contribution >= 4 is 11.9 Å². The van der Waals surface area contributed by atoms with E-state index in [9.17, 15) is 14.7 Å². The van der Waals surface area contributed by atoms with Gasteiger partial charge in [-0.1, -0.05) is 158 Å². The fraction of sp³-hybridized carbons (Fsp3) is 0.733. The Labute approximate surface area is 309 Å². The number of aliphatic hydroxyl groups is 1. The van der Waals surface area contributed by atoms with Gasteiger partial charge in [0.1, 0.15) is 6.61 Å². The number of ether oxygens (including phenoxy) is 2. The first-order chi connectivity index (χ1) is 24.6. The number of hydrogen-bond donors (Lipinski definition) is 1. The Hall–Kier alpha value is -2.40. The Morgan fingerprint density at radius 3 is 1.20 bits per heavy atom. The maximum atomic E-state index is 12.2. The van der Waals surface area contributed by atoms with E-state index in [4.69, 9.17) is 9.47 Å². The van der Waals surface area contributed by atoms with E-state index < -0.39 is 6.10 Å². The number of carbonyl (C=O) groups is 2. The molecule has 0 saturated carbocycles. The summed E-state index contributed by atoms with van der Waals surface area (Å²) in [5.41, 5.74) is 0. The Morgan fingerprint density at radius 2 is 0.800 bits per heavy atom. The molecule has 0 spiro atoms. The Bertz CT molecular complexity index is 884. The summed E-state index contributed by atoms with van der Waals surface area (Å²) in [6.45, 7) is 4.06. The highest BCUT2D eigenvalue weighted by molar-refractivity contribution is 5.70. The van der Waals surface area contributed by atoms with Gasteiger partial charge in [0.2, 0.25) is 0 Å². The second kappa shape index (κ2) is 41.0. The molecule has 0 rings (SSSR count). The van der Waals surface area contributed by atoms with Gasteiger partial charge in [-0.2, -0.15) is 0 Å². The van der Waals surface area contributed by atoms with Crippen molar-refractivity contribution in [2.45, 2.75) is 200 Å². The van der Waals surface area contributed by atoms with Crippen LogP contribution in [0.25, 0.3) is 0 Å². The van der Waals surface area contributed by atoms with Gasteiger partial charge in [-0.15, -0.1) is 0 Å². The van der Waals surface area contributed by atoms with E-state index in [-0.39, 0.29) is 25.2 Å². The zero-order valence-corrected chi connectivity index (χ0v) is 32.6. The van der Waals surface area contributed by atoms with Crippen molar-refractivity contribution in [3.05, 3.63) is 60.8 Å². The number of rotatable bonds is 37. The van der Waals surface area contributed by atoms with Crippen molar-refractivity contribution in [2.24, 2.45) is 0 Å². The monoisotopic (exact) mass is 699 g/mol. The van der Waals surface area contributed by atoms with Crippen LogP contribution in [0.15, 0.2) is 60.8 Å². The normalized spacial score (nSPS) is 12.8.